The SMILES string of the molecule is CC/C=C\C/C=C\C/C=C\C/C=C\C/C=C\C/C=C\CCCCCCCCCCCCCCCCCCC(=O)OCC(COC(=O)CCCCCCCCCCCCCCC)OC(=O)CCCCCCC/C=C\C/C=C\CCCC. The molecule has 1 atom stereocenters. The van der Waals surface area contributed by atoms with Crippen LogP contribution < -0.4 is 0 Å². The first kappa shape index (κ1) is 76.3. The number of unbranched alkanes of at least 4 members (excludes halogenated alkanes) is 35. The minimum atomic E-state index is -0.782. The number of allylic oxidation sites excluding steroid dienone is 16. The molecule has 0 amide bonds. The fraction of sp³-hybridized carbons (Fsp3) is 0.743. The average Bonchev–Trinajstić information content (AvgIpc) is 3.46. The van der Waals surface area contributed by atoms with Gasteiger partial charge in [-0.3, -0.25) is 14.4 Å². The van der Waals surface area contributed by atoms with Gasteiger partial charge in [0, 0.05) is 19.3 Å². The number of hydrogen-bond acceptors (Lipinski definition) is 6. The number of rotatable bonds is 62. The first-order valence-corrected chi connectivity index (χ1v) is 34.2. The van der Waals surface area contributed by atoms with Crippen molar-refractivity contribution in [1.29, 1.82) is 0 Å². The van der Waals surface area contributed by atoms with Gasteiger partial charge in [-0.2, -0.15) is 0 Å². The van der Waals surface area contributed by atoms with Crippen LogP contribution in [0.3, 0.4) is 0 Å². The molecule has 460 valence electrons. The minimum absolute atomic E-state index is 0.0777. The van der Waals surface area contributed by atoms with Gasteiger partial charge in [0.2, 0.25) is 0 Å². The number of esters is 3. The monoisotopic (exact) mass is 1110 g/mol. The van der Waals surface area contributed by atoms with Gasteiger partial charge in [0.05, 0.1) is 0 Å². The fourth-order valence-corrected chi connectivity index (χ4v) is 9.70. The molecular formula is C74H128O6. The molecule has 0 heterocycles. The standard InChI is InChI=1S/C74H128O6/c1-4-7-10-13-16-19-22-25-27-28-29-30-31-32-33-34-35-36-37-38-39-40-41-42-43-44-45-46-47-50-52-55-58-61-64-67-73(76)79-70-71(69-78-72(75)66-63-60-57-54-51-48-24-21-18-15-12-9-6-3)80-74(77)68-65-62-59-56-53-49-26-23-20-17-14-11-8-5-2/h7,10,14,16-17,19,23,25-27,29-30,32-33,35-36,71H,4-6,8-9,11-13,15,18,20-22,24,28,31,34,37-70H2,1-3H3/b10-7-,17-14-,19-16-,26-23-,27-25-,30-29-,33-32-,36-35-. The van der Waals surface area contributed by atoms with Crippen molar-refractivity contribution in [2.24, 2.45) is 0 Å². The van der Waals surface area contributed by atoms with Gasteiger partial charge in [0.15, 0.2) is 6.10 Å². The van der Waals surface area contributed by atoms with Gasteiger partial charge < -0.3 is 14.2 Å². The Hall–Kier alpha value is -3.67. The third-order valence-electron chi connectivity index (χ3n) is 14.8. The minimum Gasteiger partial charge on any atom is -0.462 e. The van der Waals surface area contributed by atoms with E-state index in [1.54, 1.807) is 0 Å². The molecule has 0 aromatic heterocycles. The molecule has 1 unspecified atom stereocenters. The molecule has 0 aliphatic carbocycles. The summed E-state index contributed by atoms with van der Waals surface area (Å²) >= 11 is 0. The molecule has 0 rings (SSSR count). The maximum Gasteiger partial charge on any atom is 0.306 e. The Morgan fingerprint density at radius 1 is 0.263 bits per heavy atom. The Labute approximate surface area is 496 Å². The van der Waals surface area contributed by atoms with Gasteiger partial charge >= 0.3 is 17.9 Å². The van der Waals surface area contributed by atoms with Crippen molar-refractivity contribution in [3.63, 3.8) is 0 Å². The summed E-state index contributed by atoms with van der Waals surface area (Å²) in [5.41, 5.74) is 0. The van der Waals surface area contributed by atoms with E-state index in [0.717, 1.165) is 122 Å². The van der Waals surface area contributed by atoms with Gasteiger partial charge in [-0.25, -0.2) is 0 Å². The smallest absolute Gasteiger partial charge is 0.306 e. The van der Waals surface area contributed by atoms with Crippen LogP contribution >= 0.6 is 0 Å². The quantitative estimate of drug-likeness (QED) is 0.0261. The molecule has 6 nitrogen and oxygen atoms in total. The maximum atomic E-state index is 12.9. The number of hydrogen-bond donors (Lipinski definition) is 0. The average molecular weight is 1110 g/mol. The summed E-state index contributed by atoms with van der Waals surface area (Å²) < 4.78 is 16.9. The Morgan fingerprint density at radius 2 is 0.500 bits per heavy atom. The zero-order valence-electron chi connectivity index (χ0n) is 52.8. The highest BCUT2D eigenvalue weighted by Gasteiger charge is 2.19. The van der Waals surface area contributed by atoms with Crippen molar-refractivity contribution < 1.29 is 28.6 Å². The predicted molar refractivity (Wildman–Crippen MR) is 348 cm³/mol. The fourth-order valence-electron chi connectivity index (χ4n) is 9.70. The molecule has 0 saturated heterocycles. The molecular weight excluding hydrogens is 985 g/mol. The van der Waals surface area contributed by atoms with Crippen LogP contribution in [-0.2, 0) is 28.6 Å². The molecule has 0 aliphatic rings. The molecule has 0 bridgehead atoms. The molecule has 0 saturated carbocycles. The molecule has 0 aliphatic heterocycles. The highest BCUT2D eigenvalue weighted by Crippen LogP contribution is 2.17. The van der Waals surface area contributed by atoms with Gasteiger partial charge in [-0.1, -0.05) is 317 Å². The van der Waals surface area contributed by atoms with Crippen molar-refractivity contribution >= 4 is 17.9 Å². The zero-order chi connectivity index (χ0) is 57.8. The molecule has 0 fully saturated rings. The van der Waals surface area contributed by atoms with E-state index >= 15 is 0 Å². The van der Waals surface area contributed by atoms with E-state index in [4.69, 9.17) is 14.2 Å². The Morgan fingerprint density at radius 3 is 0.800 bits per heavy atom. The second-order valence-corrected chi connectivity index (χ2v) is 22.7. The third kappa shape index (κ3) is 65.1. The van der Waals surface area contributed by atoms with Crippen LogP contribution in [0.5, 0.6) is 0 Å². The molecule has 0 radical (unpaired) electrons. The van der Waals surface area contributed by atoms with Crippen LogP contribution in [0.4, 0.5) is 0 Å². The van der Waals surface area contributed by atoms with E-state index in [9.17, 15) is 14.4 Å². The lowest BCUT2D eigenvalue weighted by Crippen LogP contribution is -2.30. The van der Waals surface area contributed by atoms with Crippen LogP contribution in [0.2, 0.25) is 0 Å². The van der Waals surface area contributed by atoms with Gasteiger partial charge in [0.1, 0.15) is 13.2 Å². The number of ether oxygens (including phenoxy) is 3. The molecule has 0 N–H and O–H groups in total. The highest BCUT2D eigenvalue weighted by molar-refractivity contribution is 5.71. The first-order valence-electron chi connectivity index (χ1n) is 34.2. The van der Waals surface area contributed by atoms with E-state index in [0.29, 0.717) is 19.3 Å². The lowest BCUT2D eigenvalue weighted by Gasteiger charge is -2.18. The van der Waals surface area contributed by atoms with Gasteiger partial charge in [-0.05, 0) is 96.3 Å². The lowest BCUT2D eigenvalue weighted by atomic mass is 10.0. The van der Waals surface area contributed by atoms with E-state index in [-0.39, 0.29) is 31.1 Å². The normalized spacial score (nSPS) is 12.7. The number of carbonyl (C=O) groups is 3. The summed E-state index contributed by atoms with van der Waals surface area (Å²) in [6, 6.07) is 0. The zero-order valence-corrected chi connectivity index (χ0v) is 52.8. The van der Waals surface area contributed by atoms with Crippen molar-refractivity contribution in [3.05, 3.63) is 97.2 Å². The summed E-state index contributed by atoms with van der Waals surface area (Å²) in [5.74, 6) is -0.877. The largest absolute Gasteiger partial charge is 0.462 e. The molecule has 0 aromatic rings. The second-order valence-electron chi connectivity index (χ2n) is 22.7. The van der Waals surface area contributed by atoms with Crippen LogP contribution in [-0.4, -0.2) is 37.2 Å². The van der Waals surface area contributed by atoms with Gasteiger partial charge in [0.25, 0.3) is 0 Å². The van der Waals surface area contributed by atoms with Gasteiger partial charge in [-0.15, -0.1) is 0 Å². The van der Waals surface area contributed by atoms with Crippen LogP contribution in [0.1, 0.15) is 335 Å². The maximum absolute atomic E-state index is 12.9. The Kier molecular flexibility index (Phi) is 64.7. The number of carbonyl (C=O) groups excluding carboxylic acids is 3. The van der Waals surface area contributed by atoms with Crippen LogP contribution in [0.25, 0.3) is 0 Å². The lowest BCUT2D eigenvalue weighted by molar-refractivity contribution is -0.167. The molecule has 6 heteroatoms. The van der Waals surface area contributed by atoms with E-state index in [1.807, 2.05) is 0 Å². The third-order valence-corrected chi connectivity index (χ3v) is 14.8. The van der Waals surface area contributed by atoms with Crippen LogP contribution in [0, 0.1) is 0 Å². The Bertz CT molecular complexity index is 1560. The molecule has 0 aromatic carbocycles. The van der Waals surface area contributed by atoms with E-state index < -0.39 is 6.10 Å². The summed E-state index contributed by atoms with van der Waals surface area (Å²) in [6.07, 6.45) is 91.5. The highest BCUT2D eigenvalue weighted by atomic mass is 16.6. The van der Waals surface area contributed by atoms with Crippen molar-refractivity contribution in [3.8, 4) is 0 Å². The predicted octanol–water partition coefficient (Wildman–Crippen LogP) is 23.6. The molecule has 0 spiro atoms. The van der Waals surface area contributed by atoms with E-state index in [1.165, 1.54) is 173 Å². The summed E-state index contributed by atoms with van der Waals surface area (Å²) in [6.45, 7) is 6.50. The van der Waals surface area contributed by atoms with Crippen molar-refractivity contribution in [2.45, 2.75) is 341 Å². The Balaban J connectivity index is 4.12. The molecule has 80 heavy (non-hydrogen) atoms. The van der Waals surface area contributed by atoms with Crippen LogP contribution in [0.15, 0.2) is 97.2 Å². The van der Waals surface area contributed by atoms with Crippen molar-refractivity contribution in [1.82, 2.24) is 0 Å². The van der Waals surface area contributed by atoms with E-state index in [2.05, 4.69) is 118 Å². The van der Waals surface area contributed by atoms with Crippen molar-refractivity contribution in [2.75, 3.05) is 13.2 Å². The summed E-state index contributed by atoms with van der Waals surface area (Å²) in [4.78, 5) is 38.3. The first-order chi connectivity index (χ1) is 39.5. The summed E-state index contributed by atoms with van der Waals surface area (Å²) in [5, 5.41) is 0. The summed E-state index contributed by atoms with van der Waals surface area (Å²) in [7, 11) is 0. The topological polar surface area (TPSA) is 78.9 Å². The second kappa shape index (κ2) is 67.8.